The topological polar surface area (TPSA) is 30.7 Å². The molecule has 0 atom stereocenters. The van der Waals surface area contributed by atoms with Crippen LogP contribution in [0.5, 0.6) is 0 Å². The molecule has 9 rings (SSSR count). The predicted octanol–water partition coefficient (Wildman–Crippen LogP) is 9.63. The summed E-state index contributed by atoms with van der Waals surface area (Å²) in [6.07, 6.45) is 0.935. The van der Waals surface area contributed by atoms with Crippen molar-refractivity contribution >= 4 is 32.6 Å². The molecule has 8 aromatic rings. The second-order valence-electron chi connectivity index (χ2n) is 11.0. The van der Waals surface area contributed by atoms with E-state index in [4.69, 9.17) is 9.97 Å². The summed E-state index contributed by atoms with van der Waals surface area (Å²) in [6, 6.07) is 49.5. The Hall–Kier alpha value is -5.54. The first-order valence-corrected chi connectivity index (χ1v) is 14.4. The van der Waals surface area contributed by atoms with Crippen molar-refractivity contribution in [3.63, 3.8) is 0 Å². The molecule has 0 radical (unpaired) electrons. The third-order valence-corrected chi connectivity index (χ3v) is 8.60. The van der Waals surface area contributed by atoms with Crippen LogP contribution in [0.4, 0.5) is 0 Å². The van der Waals surface area contributed by atoms with Gasteiger partial charge in [-0.1, -0.05) is 121 Å². The van der Waals surface area contributed by atoms with Crippen molar-refractivity contribution in [2.75, 3.05) is 0 Å². The standard InChI is InChI=1S/C39H25N3/c1-3-12-25(13-4-1)33-24-34(26-14-5-2-6-15-26)41-39(40-33)42-35-21-10-9-20-31(35)32-23-29-18-11-17-28-22-27-16-7-8-19-30(27)37(36(28)29)38(32)42/h1-21,23-24H,22H2. The van der Waals surface area contributed by atoms with Gasteiger partial charge < -0.3 is 0 Å². The van der Waals surface area contributed by atoms with E-state index in [0.29, 0.717) is 5.95 Å². The highest BCUT2D eigenvalue weighted by atomic mass is 15.2. The summed E-state index contributed by atoms with van der Waals surface area (Å²) in [5, 5.41) is 5.03. The smallest absolute Gasteiger partial charge is 0.235 e. The Morgan fingerprint density at radius 3 is 1.93 bits per heavy atom. The molecule has 2 heterocycles. The van der Waals surface area contributed by atoms with Crippen LogP contribution in [-0.2, 0) is 6.42 Å². The maximum absolute atomic E-state index is 5.28. The van der Waals surface area contributed by atoms with E-state index in [1.807, 2.05) is 12.1 Å². The van der Waals surface area contributed by atoms with Crippen LogP contribution in [0.3, 0.4) is 0 Å². The third-order valence-electron chi connectivity index (χ3n) is 8.60. The lowest BCUT2D eigenvalue weighted by atomic mass is 9.82. The molecule has 42 heavy (non-hydrogen) atoms. The lowest BCUT2D eigenvalue weighted by Crippen LogP contribution is -2.07. The van der Waals surface area contributed by atoms with Gasteiger partial charge in [0, 0.05) is 27.5 Å². The Bertz CT molecular complexity index is 2260. The van der Waals surface area contributed by atoms with Crippen LogP contribution in [0.25, 0.3) is 72.2 Å². The molecule has 0 N–H and O–H groups in total. The molecule has 3 nitrogen and oxygen atoms in total. The van der Waals surface area contributed by atoms with Crippen molar-refractivity contribution in [1.29, 1.82) is 0 Å². The molecule has 6 aromatic carbocycles. The van der Waals surface area contributed by atoms with E-state index in [2.05, 4.69) is 132 Å². The first-order chi connectivity index (χ1) is 20.8. The van der Waals surface area contributed by atoms with E-state index in [1.165, 1.54) is 43.8 Å². The van der Waals surface area contributed by atoms with Gasteiger partial charge in [-0.3, -0.25) is 4.57 Å². The van der Waals surface area contributed by atoms with Crippen molar-refractivity contribution < 1.29 is 0 Å². The van der Waals surface area contributed by atoms with E-state index >= 15 is 0 Å². The summed E-state index contributed by atoms with van der Waals surface area (Å²) >= 11 is 0. The van der Waals surface area contributed by atoms with Gasteiger partial charge in [0.05, 0.1) is 22.4 Å². The Balaban J connectivity index is 1.47. The predicted molar refractivity (Wildman–Crippen MR) is 173 cm³/mol. The van der Waals surface area contributed by atoms with Crippen molar-refractivity contribution in [1.82, 2.24) is 14.5 Å². The minimum absolute atomic E-state index is 0.678. The molecule has 0 saturated heterocycles. The highest BCUT2D eigenvalue weighted by Gasteiger charge is 2.26. The van der Waals surface area contributed by atoms with Gasteiger partial charge in [0.25, 0.3) is 0 Å². The van der Waals surface area contributed by atoms with Gasteiger partial charge in [-0.25, -0.2) is 9.97 Å². The largest absolute Gasteiger partial charge is 0.277 e. The normalized spacial score (nSPS) is 12.2. The molecule has 0 spiro atoms. The first kappa shape index (κ1) is 23.2. The van der Waals surface area contributed by atoms with Crippen LogP contribution in [0, 0.1) is 0 Å². The Morgan fingerprint density at radius 2 is 1.17 bits per heavy atom. The minimum atomic E-state index is 0.678. The monoisotopic (exact) mass is 535 g/mol. The fourth-order valence-corrected chi connectivity index (χ4v) is 6.77. The number of aromatic nitrogens is 3. The Morgan fingerprint density at radius 1 is 0.524 bits per heavy atom. The summed E-state index contributed by atoms with van der Waals surface area (Å²) in [5.74, 6) is 0.678. The number of fused-ring (bicyclic) bond motifs is 6. The van der Waals surface area contributed by atoms with Gasteiger partial charge in [-0.15, -0.1) is 0 Å². The number of rotatable bonds is 3. The molecular weight excluding hydrogens is 510 g/mol. The van der Waals surface area contributed by atoms with E-state index in [9.17, 15) is 0 Å². The fourth-order valence-electron chi connectivity index (χ4n) is 6.77. The van der Waals surface area contributed by atoms with Gasteiger partial charge in [0.2, 0.25) is 5.95 Å². The van der Waals surface area contributed by atoms with Crippen LogP contribution >= 0.6 is 0 Å². The molecular formula is C39H25N3. The highest BCUT2D eigenvalue weighted by Crippen LogP contribution is 2.47. The summed E-state index contributed by atoms with van der Waals surface area (Å²) < 4.78 is 2.30. The average Bonchev–Trinajstić information content (AvgIpc) is 3.39. The van der Waals surface area contributed by atoms with Gasteiger partial charge in [-0.2, -0.15) is 0 Å². The van der Waals surface area contributed by atoms with Crippen molar-refractivity contribution in [2.45, 2.75) is 6.42 Å². The molecule has 0 amide bonds. The molecule has 1 aliphatic rings. The molecule has 0 saturated carbocycles. The number of nitrogens with zero attached hydrogens (tertiary/aromatic N) is 3. The SMILES string of the molecule is c1ccc(-c2cc(-c3ccccc3)nc(-n3c4ccccc4c4cc5cccc6c5c(c43)-c3ccccc3C6)n2)cc1. The van der Waals surface area contributed by atoms with Crippen LogP contribution in [-0.4, -0.2) is 14.5 Å². The van der Waals surface area contributed by atoms with Crippen LogP contribution < -0.4 is 0 Å². The number of hydrogen-bond acceptors (Lipinski definition) is 2. The second-order valence-corrected chi connectivity index (χ2v) is 11.0. The third kappa shape index (κ3) is 3.40. The van der Waals surface area contributed by atoms with Crippen LogP contribution in [0.15, 0.2) is 140 Å². The molecule has 196 valence electrons. The number of hydrogen-bond donors (Lipinski definition) is 0. The zero-order valence-electron chi connectivity index (χ0n) is 22.8. The lowest BCUT2D eigenvalue weighted by Gasteiger charge is -2.23. The molecule has 0 bridgehead atoms. The van der Waals surface area contributed by atoms with Crippen molar-refractivity contribution in [2.24, 2.45) is 0 Å². The quantitative estimate of drug-likeness (QED) is 0.225. The number of benzene rings is 6. The zero-order valence-corrected chi connectivity index (χ0v) is 22.8. The Kier molecular flexibility index (Phi) is 4.96. The molecule has 0 aliphatic heterocycles. The lowest BCUT2D eigenvalue weighted by molar-refractivity contribution is 0.996. The zero-order chi connectivity index (χ0) is 27.6. The van der Waals surface area contributed by atoms with Crippen molar-refractivity contribution in [3.05, 3.63) is 151 Å². The fraction of sp³-hybridized carbons (Fsp3) is 0.0256. The van der Waals surface area contributed by atoms with Gasteiger partial charge in [0.1, 0.15) is 0 Å². The summed E-state index contributed by atoms with van der Waals surface area (Å²) in [7, 11) is 0. The maximum Gasteiger partial charge on any atom is 0.235 e. The first-order valence-electron chi connectivity index (χ1n) is 14.4. The summed E-state index contributed by atoms with van der Waals surface area (Å²) in [4.78, 5) is 10.6. The molecule has 2 aromatic heterocycles. The van der Waals surface area contributed by atoms with E-state index in [1.54, 1.807) is 0 Å². The van der Waals surface area contributed by atoms with E-state index < -0.39 is 0 Å². The van der Waals surface area contributed by atoms with Gasteiger partial charge >= 0.3 is 0 Å². The highest BCUT2D eigenvalue weighted by molar-refractivity contribution is 6.22. The number of para-hydroxylation sites is 1. The van der Waals surface area contributed by atoms with Gasteiger partial charge in [0.15, 0.2) is 0 Å². The minimum Gasteiger partial charge on any atom is -0.277 e. The van der Waals surface area contributed by atoms with E-state index in [0.717, 1.165) is 40.0 Å². The van der Waals surface area contributed by atoms with Crippen LogP contribution in [0.1, 0.15) is 11.1 Å². The average molecular weight is 536 g/mol. The molecule has 0 fully saturated rings. The summed E-state index contributed by atoms with van der Waals surface area (Å²) in [6.45, 7) is 0. The maximum atomic E-state index is 5.28. The molecule has 0 unspecified atom stereocenters. The summed E-state index contributed by atoms with van der Waals surface area (Å²) in [5.41, 5.74) is 11.5. The van der Waals surface area contributed by atoms with Crippen LogP contribution in [0.2, 0.25) is 0 Å². The molecule has 1 aliphatic carbocycles. The van der Waals surface area contributed by atoms with E-state index in [-0.39, 0.29) is 0 Å². The van der Waals surface area contributed by atoms with Gasteiger partial charge in [-0.05, 0) is 52.1 Å². The molecule has 3 heteroatoms. The Labute approximate surface area is 243 Å². The van der Waals surface area contributed by atoms with Crippen molar-refractivity contribution in [3.8, 4) is 39.6 Å². The second kappa shape index (κ2) is 8.98.